The molecule has 4 rings (SSSR count). The van der Waals surface area contributed by atoms with Gasteiger partial charge in [-0.3, -0.25) is 9.78 Å². The molecule has 0 spiro atoms. The lowest BCUT2D eigenvalue weighted by Crippen LogP contribution is -2.24. The van der Waals surface area contributed by atoms with Crippen LogP contribution in [-0.2, 0) is 13.6 Å². The zero-order valence-electron chi connectivity index (χ0n) is 12.3. The maximum atomic E-state index is 12.8. The lowest BCUT2D eigenvalue weighted by atomic mass is 10.3. The Morgan fingerprint density at radius 3 is 2.95 bits per heavy atom. The van der Waals surface area contributed by atoms with Gasteiger partial charge in [0, 0.05) is 23.5 Å². The minimum atomic E-state index is -0.0771. The Kier molecular flexibility index (Phi) is 2.87. The van der Waals surface area contributed by atoms with Crippen molar-refractivity contribution in [2.24, 2.45) is 7.05 Å². The van der Waals surface area contributed by atoms with E-state index in [1.54, 1.807) is 23.7 Å². The van der Waals surface area contributed by atoms with Gasteiger partial charge in [-0.2, -0.15) is 5.10 Å². The molecule has 22 heavy (non-hydrogen) atoms. The molecule has 4 aromatic heterocycles. The smallest absolute Gasteiger partial charge is 0.291 e. The summed E-state index contributed by atoms with van der Waals surface area (Å²) in [5.41, 5.74) is 2.54. The van der Waals surface area contributed by atoms with Crippen molar-refractivity contribution < 1.29 is 0 Å². The first-order valence-electron chi connectivity index (χ1n) is 6.99. The number of hydrogen-bond donors (Lipinski definition) is 0. The van der Waals surface area contributed by atoms with E-state index < -0.39 is 0 Å². The number of aryl methyl sites for hydroxylation is 2. The van der Waals surface area contributed by atoms with Crippen LogP contribution in [0.15, 0.2) is 41.5 Å². The summed E-state index contributed by atoms with van der Waals surface area (Å²) in [4.78, 5) is 18.3. The predicted octanol–water partition coefficient (Wildman–Crippen LogP) is 2.70. The van der Waals surface area contributed by atoms with Gasteiger partial charge in [-0.25, -0.2) is 4.68 Å². The Hall–Kier alpha value is -2.47. The summed E-state index contributed by atoms with van der Waals surface area (Å²) in [5, 5.41) is 5.26. The highest BCUT2D eigenvalue weighted by Gasteiger charge is 2.16. The van der Waals surface area contributed by atoms with Crippen molar-refractivity contribution in [3.8, 4) is 0 Å². The average molecular weight is 310 g/mol. The van der Waals surface area contributed by atoms with Crippen molar-refractivity contribution in [2.45, 2.75) is 13.5 Å². The van der Waals surface area contributed by atoms with Crippen molar-refractivity contribution in [1.82, 2.24) is 19.3 Å². The topological polar surface area (TPSA) is 52.7 Å². The molecule has 0 bridgehead atoms. The minimum Gasteiger partial charge on any atom is -0.338 e. The van der Waals surface area contributed by atoms with E-state index >= 15 is 0 Å². The Labute approximate surface area is 130 Å². The van der Waals surface area contributed by atoms with E-state index in [2.05, 4.69) is 23.1 Å². The van der Waals surface area contributed by atoms with Gasteiger partial charge < -0.3 is 4.57 Å². The third kappa shape index (κ3) is 1.88. The van der Waals surface area contributed by atoms with E-state index in [1.807, 2.05) is 29.8 Å². The molecule has 0 radical (unpaired) electrons. The van der Waals surface area contributed by atoms with Crippen molar-refractivity contribution in [3.05, 3.63) is 57.6 Å². The predicted molar refractivity (Wildman–Crippen MR) is 88.4 cm³/mol. The maximum absolute atomic E-state index is 12.8. The first kappa shape index (κ1) is 13.2. The fraction of sp³-hybridized carbons (Fsp3) is 0.188. The molecule has 0 atom stereocenters. The van der Waals surface area contributed by atoms with Crippen molar-refractivity contribution in [3.63, 3.8) is 0 Å². The van der Waals surface area contributed by atoms with Crippen LogP contribution in [0.5, 0.6) is 0 Å². The molecule has 110 valence electrons. The van der Waals surface area contributed by atoms with E-state index in [4.69, 9.17) is 0 Å². The van der Waals surface area contributed by atoms with Gasteiger partial charge in [-0.05, 0) is 25.1 Å². The van der Waals surface area contributed by atoms with E-state index in [-0.39, 0.29) is 5.56 Å². The van der Waals surface area contributed by atoms with Gasteiger partial charge >= 0.3 is 0 Å². The number of pyridine rings is 1. The summed E-state index contributed by atoms with van der Waals surface area (Å²) < 4.78 is 4.57. The summed E-state index contributed by atoms with van der Waals surface area (Å²) in [5.74, 6) is 0. The first-order chi connectivity index (χ1) is 10.6. The van der Waals surface area contributed by atoms with Crippen LogP contribution in [0, 0.1) is 6.92 Å². The average Bonchev–Trinajstić information content (AvgIpc) is 3.01. The van der Waals surface area contributed by atoms with Crippen LogP contribution in [0.1, 0.15) is 10.6 Å². The molecule has 0 saturated carbocycles. The Morgan fingerprint density at radius 2 is 2.18 bits per heavy atom. The second kappa shape index (κ2) is 4.78. The molecule has 0 aliphatic rings. The fourth-order valence-electron chi connectivity index (χ4n) is 2.79. The Bertz CT molecular complexity index is 1040. The van der Waals surface area contributed by atoms with E-state index in [0.717, 1.165) is 21.3 Å². The van der Waals surface area contributed by atoms with Crippen LogP contribution >= 0.6 is 11.3 Å². The van der Waals surface area contributed by atoms with Crippen LogP contribution in [0.2, 0.25) is 0 Å². The minimum absolute atomic E-state index is 0.0771. The van der Waals surface area contributed by atoms with Crippen LogP contribution in [0.4, 0.5) is 0 Å². The molecular weight excluding hydrogens is 296 g/mol. The lowest BCUT2D eigenvalue weighted by Gasteiger charge is -2.05. The summed E-state index contributed by atoms with van der Waals surface area (Å²) in [6, 6.07) is 7.78. The molecular formula is C16H14N4OS. The molecule has 4 heterocycles. The highest BCUT2D eigenvalue weighted by Crippen LogP contribution is 2.32. The van der Waals surface area contributed by atoms with Crippen molar-refractivity contribution >= 4 is 32.5 Å². The summed E-state index contributed by atoms with van der Waals surface area (Å²) in [7, 11) is 1.93. The number of rotatable bonds is 2. The second-order valence-corrected chi connectivity index (χ2v) is 6.58. The molecule has 0 saturated heterocycles. The SMILES string of the molecule is Cc1cc2c(s1)c1cnn(Cc3ccccn3)c(=O)c1n2C. The molecule has 0 N–H and O–H groups in total. The van der Waals surface area contributed by atoms with E-state index in [1.165, 1.54) is 9.56 Å². The van der Waals surface area contributed by atoms with Crippen LogP contribution in [0.3, 0.4) is 0 Å². The number of hydrogen-bond acceptors (Lipinski definition) is 4. The zero-order valence-corrected chi connectivity index (χ0v) is 13.1. The quantitative estimate of drug-likeness (QED) is 0.572. The molecule has 0 aromatic carbocycles. The molecule has 6 heteroatoms. The molecule has 5 nitrogen and oxygen atoms in total. The molecule has 0 unspecified atom stereocenters. The maximum Gasteiger partial charge on any atom is 0.291 e. The Balaban J connectivity index is 1.94. The number of thiophene rings is 1. The van der Waals surface area contributed by atoms with Crippen LogP contribution < -0.4 is 5.56 Å². The zero-order chi connectivity index (χ0) is 15.3. The second-order valence-electron chi connectivity index (χ2n) is 5.32. The van der Waals surface area contributed by atoms with Crippen molar-refractivity contribution in [1.29, 1.82) is 0 Å². The van der Waals surface area contributed by atoms with E-state index in [9.17, 15) is 4.79 Å². The van der Waals surface area contributed by atoms with Crippen LogP contribution in [0.25, 0.3) is 21.1 Å². The molecule has 0 fully saturated rings. The van der Waals surface area contributed by atoms with Gasteiger partial charge in [0.2, 0.25) is 0 Å². The largest absolute Gasteiger partial charge is 0.338 e. The third-order valence-corrected chi connectivity index (χ3v) is 4.91. The van der Waals surface area contributed by atoms with Crippen LogP contribution in [-0.4, -0.2) is 19.3 Å². The molecule has 4 aromatic rings. The van der Waals surface area contributed by atoms with Gasteiger partial charge in [0.05, 0.1) is 28.7 Å². The third-order valence-electron chi connectivity index (χ3n) is 3.83. The van der Waals surface area contributed by atoms with Gasteiger partial charge in [0.1, 0.15) is 5.52 Å². The molecule has 0 aliphatic heterocycles. The number of fused-ring (bicyclic) bond motifs is 3. The summed E-state index contributed by atoms with van der Waals surface area (Å²) in [6.45, 7) is 2.46. The Morgan fingerprint density at radius 1 is 1.32 bits per heavy atom. The number of aromatic nitrogens is 4. The first-order valence-corrected chi connectivity index (χ1v) is 7.81. The van der Waals surface area contributed by atoms with Gasteiger partial charge in [0.25, 0.3) is 5.56 Å². The molecule has 0 aliphatic carbocycles. The fourth-order valence-corrected chi connectivity index (χ4v) is 3.84. The highest BCUT2D eigenvalue weighted by atomic mass is 32.1. The van der Waals surface area contributed by atoms with Gasteiger partial charge in [-0.1, -0.05) is 6.07 Å². The van der Waals surface area contributed by atoms with Gasteiger partial charge in [-0.15, -0.1) is 11.3 Å². The lowest BCUT2D eigenvalue weighted by molar-refractivity contribution is 0.633. The standard InChI is InChI=1S/C16H14N4OS/c1-10-7-13-15(22-10)12-8-18-20(16(21)14(12)19(13)2)9-11-5-3-4-6-17-11/h3-8H,9H2,1-2H3. The molecule has 0 amide bonds. The van der Waals surface area contributed by atoms with Gasteiger partial charge in [0.15, 0.2) is 0 Å². The van der Waals surface area contributed by atoms with Crippen molar-refractivity contribution in [2.75, 3.05) is 0 Å². The van der Waals surface area contributed by atoms with E-state index in [0.29, 0.717) is 12.1 Å². The summed E-state index contributed by atoms with van der Waals surface area (Å²) in [6.07, 6.45) is 3.51. The normalized spacial score (nSPS) is 11.5. The summed E-state index contributed by atoms with van der Waals surface area (Å²) >= 11 is 1.70. The highest BCUT2D eigenvalue weighted by molar-refractivity contribution is 7.20. The number of nitrogens with zero attached hydrogens (tertiary/aromatic N) is 4. The monoisotopic (exact) mass is 310 g/mol.